The van der Waals surface area contributed by atoms with E-state index in [0.717, 1.165) is 17.8 Å². The minimum absolute atomic E-state index is 0.239. The van der Waals surface area contributed by atoms with Gasteiger partial charge in [-0.1, -0.05) is 24.3 Å². The molecule has 2 aromatic carbocycles. The van der Waals surface area contributed by atoms with E-state index in [1.54, 1.807) is 25.5 Å². The Hall–Kier alpha value is -3.35. The third kappa shape index (κ3) is 3.81. The number of aryl methyl sites for hydroxylation is 1. The van der Waals surface area contributed by atoms with Crippen molar-refractivity contribution in [2.24, 2.45) is 0 Å². The fourth-order valence-corrected chi connectivity index (χ4v) is 3.23. The van der Waals surface area contributed by atoms with Crippen molar-refractivity contribution in [1.82, 2.24) is 14.7 Å². The average Bonchev–Trinajstić information content (AvgIpc) is 3.02. The van der Waals surface area contributed by atoms with E-state index in [4.69, 9.17) is 0 Å². The summed E-state index contributed by atoms with van der Waals surface area (Å²) in [6.07, 6.45) is 0. The molecule has 0 aliphatic carbocycles. The molecule has 0 aliphatic heterocycles. The minimum Gasteiger partial charge on any atom is -0.332 e. The number of aromatic nitrogens is 2. The fraction of sp³-hybridized carbons (Fsp3) is 0.227. The molecule has 1 unspecified atom stereocenters. The van der Waals surface area contributed by atoms with Crippen molar-refractivity contribution in [2.75, 3.05) is 7.05 Å². The predicted octanol–water partition coefficient (Wildman–Crippen LogP) is 4.17. The largest absolute Gasteiger partial charge is 0.332 e. The molecule has 0 radical (unpaired) electrons. The van der Waals surface area contributed by atoms with Gasteiger partial charge in [-0.3, -0.25) is 9.59 Å². The monoisotopic (exact) mass is 397 g/mol. The average molecular weight is 397 g/mol. The Bertz CT molecular complexity index is 1080. The summed E-state index contributed by atoms with van der Waals surface area (Å²) >= 11 is 0. The Labute approximate surface area is 167 Å². The van der Waals surface area contributed by atoms with Gasteiger partial charge in [-0.2, -0.15) is 5.10 Å². The number of rotatable bonds is 5. The van der Waals surface area contributed by atoms with Crippen LogP contribution in [0, 0.1) is 25.5 Å². The first-order valence-electron chi connectivity index (χ1n) is 9.10. The van der Waals surface area contributed by atoms with Gasteiger partial charge in [0.05, 0.1) is 28.7 Å². The van der Waals surface area contributed by atoms with Crippen molar-refractivity contribution in [3.05, 3.63) is 82.7 Å². The molecule has 3 rings (SSSR count). The van der Waals surface area contributed by atoms with Crippen molar-refractivity contribution >= 4 is 11.7 Å². The van der Waals surface area contributed by atoms with Crippen LogP contribution >= 0.6 is 0 Å². The topological polar surface area (TPSA) is 55.2 Å². The van der Waals surface area contributed by atoms with E-state index in [0.29, 0.717) is 17.0 Å². The van der Waals surface area contributed by atoms with E-state index in [1.165, 1.54) is 18.0 Å². The molecule has 3 aromatic rings. The molecule has 1 amide bonds. The Balaban J connectivity index is 1.89. The number of nitrogens with zero attached hydrogens (tertiary/aromatic N) is 3. The van der Waals surface area contributed by atoms with Gasteiger partial charge in [0, 0.05) is 7.05 Å². The minimum atomic E-state index is -1.00. The van der Waals surface area contributed by atoms with Gasteiger partial charge in [0.25, 0.3) is 11.7 Å². The zero-order valence-corrected chi connectivity index (χ0v) is 16.6. The lowest BCUT2D eigenvalue weighted by Crippen LogP contribution is -2.35. The highest BCUT2D eigenvalue weighted by molar-refractivity contribution is 6.43. The summed E-state index contributed by atoms with van der Waals surface area (Å²) in [7, 11) is 1.46. The first kappa shape index (κ1) is 20.4. The van der Waals surface area contributed by atoms with Crippen LogP contribution in [0.25, 0.3) is 5.69 Å². The van der Waals surface area contributed by atoms with Crippen molar-refractivity contribution in [1.29, 1.82) is 0 Å². The standard InChI is InChI=1S/C22H21F2N3O2/c1-13-20(15(3)27(25-13)17-8-6-5-7-9-17)21(28)22(29)26(4)14(2)16-10-11-18(23)19(24)12-16/h5-12,14H,1-4H3. The van der Waals surface area contributed by atoms with Gasteiger partial charge in [-0.15, -0.1) is 0 Å². The van der Waals surface area contributed by atoms with Crippen molar-refractivity contribution in [3.8, 4) is 5.69 Å². The first-order chi connectivity index (χ1) is 13.7. The number of carbonyl (C=O) groups excluding carboxylic acids is 2. The van der Waals surface area contributed by atoms with E-state index < -0.39 is 29.4 Å². The van der Waals surface area contributed by atoms with Gasteiger partial charge in [0.2, 0.25) is 0 Å². The Kier molecular flexibility index (Phi) is 5.59. The van der Waals surface area contributed by atoms with E-state index in [-0.39, 0.29) is 5.56 Å². The molecule has 150 valence electrons. The molecule has 1 aromatic heterocycles. The van der Waals surface area contributed by atoms with Crippen LogP contribution < -0.4 is 0 Å². The maximum absolute atomic E-state index is 13.5. The van der Waals surface area contributed by atoms with Crippen molar-refractivity contribution in [2.45, 2.75) is 26.8 Å². The lowest BCUT2D eigenvalue weighted by molar-refractivity contribution is -0.127. The molecule has 5 nitrogen and oxygen atoms in total. The van der Waals surface area contributed by atoms with Crippen molar-refractivity contribution in [3.63, 3.8) is 0 Å². The molecular formula is C22H21F2N3O2. The highest BCUT2D eigenvalue weighted by Crippen LogP contribution is 2.24. The number of halogens is 2. The number of benzene rings is 2. The van der Waals surface area contributed by atoms with Gasteiger partial charge in [-0.25, -0.2) is 13.5 Å². The van der Waals surface area contributed by atoms with Crippen LogP contribution in [0.1, 0.15) is 40.3 Å². The van der Waals surface area contributed by atoms with Crippen LogP contribution in [0.4, 0.5) is 8.78 Å². The molecule has 0 spiro atoms. The Morgan fingerprint density at radius 3 is 2.31 bits per heavy atom. The molecule has 0 bridgehead atoms. The summed E-state index contributed by atoms with van der Waals surface area (Å²) < 4.78 is 28.3. The van der Waals surface area contributed by atoms with E-state index in [1.807, 2.05) is 30.3 Å². The lowest BCUT2D eigenvalue weighted by Gasteiger charge is -2.24. The molecule has 0 aliphatic rings. The Morgan fingerprint density at radius 2 is 1.69 bits per heavy atom. The number of para-hydroxylation sites is 1. The second-order valence-corrected chi connectivity index (χ2v) is 6.89. The number of Topliss-reactive ketones (excluding diaryl/α,β-unsaturated/α-hetero) is 1. The maximum atomic E-state index is 13.5. The molecule has 0 fully saturated rings. The summed E-state index contributed by atoms with van der Waals surface area (Å²) in [5.41, 5.74) is 2.41. The number of hydrogen-bond acceptors (Lipinski definition) is 3. The molecular weight excluding hydrogens is 376 g/mol. The number of carbonyl (C=O) groups is 2. The molecule has 0 saturated heterocycles. The summed E-state index contributed by atoms with van der Waals surface area (Å²) in [5.74, 6) is -3.41. The third-order valence-electron chi connectivity index (χ3n) is 5.04. The van der Waals surface area contributed by atoms with Gasteiger partial charge >= 0.3 is 0 Å². The Morgan fingerprint density at radius 1 is 1.03 bits per heavy atom. The smallest absolute Gasteiger partial charge is 0.295 e. The molecule has 1 atom stereocenters. The summed E-state index contributed by atoms with van der Waals surface area (Å²) in [6.45, 7) is 5.04. The molecule has 1 heterocycles. The summed E-state index contributed by atoms with van der Waals surface area (Å²) in [5, 5.41) is 4.40. The van der Waals surface area contributed by atoms with Crippen LogP contribution in [0.2, 0.25) is 0 Å². The van der Waals surface area contributed by atoms with Crippen LogP contribution in [0.5, 0.6) is 0 Å². The van der Waals surface area contributed by atoms with Gasteiger partial charge in [-0.05, 0) is 50.6 Å². The highest BCUT2D eigenvalue weighted by atomic mass is 19.2. The van der Waals surface area contributed by atoms with Gasteiger partial charge < -0.3 is 4.90 Å². The predicted molar refractivity (Wildman–Crippen MR) is 105 cm³/mol. The lowest BCUT2D eigenvalue weighted by atomic mass is 10.0. The number of ketones is 1. The molecule has 0 N–H and O–H groups in total. The summed E-state index contributed by atoms with van der Waals surface area (Å²) in [4.78, 5) is 27.0. The SMILES string of the molecule is Cc1nn(-c2ccccc2)c(C)c1C(=O)C(=O)N(C)C(C)c1ccc(F)c(F)c1. The zero-order valence-electron chi connectivity index (χ0n) is 16.6. The normalized spacial score (nSPS) is 11.9. The number of amides is 1. The van der Waals surface area contributed by atoms with E-state index in [2.05, 4.69) is 5.10 Å². The molecule has 29 heavy (non-hydrogen) atoms. The number of likely N-dealkylation sites (N-methyl/N-ethyl adjacent to an activating group) is 1. The fourth-order valence-electron chi connectivity index (χ4n) is 3.23. The van der Waals surface area contributed by atoms with Crippen molar-refractivity contribution < 1.29 is 18.4 Å². The van der Waals surface area contributed by atoms with Gasteiger partial charge in [0.15, 0.2) is 11.6 Å². The second-order valence-electron chi connectivity index (χ2n) is 6.89. The van der Waals surface area contributed by atoms with Crippen LogP contribution in [0.15, 0.2) is 48.5 Å². The van der Waals surface area contributed by atoms with Crippen LogP contribution in [0.3, 0.4) is 0 Å². The van der Waals surface area contributed by atoms with E-state index in [9.17, 15) is 18.4 Å². The zero-order chi connectivity index (χ0) is 21.3. The highest BCUT2D eigenvalue weighted by Gasteiger charge is 2.30. The third-order valence-corrected chi connectivity index (χ3v) is 5.04. The van der Waals surface area contributed by atoms with Crippen LogP contribution in [-0.4, -0.2) is 33.4 Å². The maximum Gasteiger partial charge on any atom is 0.295 e. The quantitative estimate of drug-likeness (QED) is 0.480. The number of hydrogen-bond donors (Lipinski definition) is 0. The first-order valence-corrected chi connectivity index (χ1v) is 9.10. The van der Waals surface area contributed by atoms with Gasteiger partial charge in [0.1, 0.15) is 0 Å². The summed E-state index contributed by atoms with van der Waals surface area (Å²) in [6, 6.07) is 12.1. The van der Waals surface area contributed by atoms with E-state index >= 15 is 0 Å². The van der Waals surface area contributed by atoms with Crippen LogP contribution in [-0.2, 0) is 4.79 Å². The second kappa shape index (κ2) is 7.95. The molecule has 7 heteroatoms. The molecule has 0 saturated carbocycles.